The minimum atomic E-state index is -0.261. The van der Waals surface area contributed by atoms with E-state index in [-0.39, 0.29) is 18.1 Å². The fourth-order valence-electron chi connectivity index (χ4n) is 3.55. The average Bonchev–Trinajstić information content (AvgIpc) is 3.17. The van der Waals surface area contributed by atoms with Gasteiger partial charge in [0.15, 0.2) is 5.69 Å². The second kappa shape index (κ2) is 8.53. The summed E-state index contributed by atoms with van der Waals surface area (Å²) in [4.78, 5) is 12.7. The van der Waals surface area contributed by atoms with Gasteiger partial charge in [-0.15, -0.1) is 0 Å². The van der Waals surface area contributed by atoms with Crippen LogP contribution in [-0.4, -0.2) is 47.7 Å². The maximum absolute atomic E-state index is 12.7. The van der Waals surface area contributed by atoms with Crippen molar-refractivity contribution < 1.29 is 19.0 Å². The highest BCUT2D eigenvalue weighted by atomic mass is 16.5. The number of carbonyl (C=O) groups is 1. The van der Waals surface area contributed by atoms with Crippen LogP contribution in [0.3, 0.4) is 0 Å². The Hall–Kier alpha value is -3.05. The molecule has 2 aromatic rings. The molecular formula is C21H24N4O4. The first-order chi connectivity index (χ1) is 14.2. The van der Waals surface area contributed by atoms with Crippen LogP contribution in [0.15, 0.2) is 24.3 Å². The van der Waals surface area contributed by atoms with Crippen molar-refractivity contribution >= 4 is 5.91 Å². The van der Waals surface area contributed by atoms with Gasteiger partial charge in [-0.2, -0.15) is 10.4 Å². The zero-order chi connectivity index (χ0) is 20.2. The van der Waals surface area contributed by atoms with Crippen molar-refractivity contribution in [1.29, 1.82) is 5.26 Å². The Balaban J connectivity index is 1.37. The Morgan fingerprint density at radius 1 is 1.45 bits per heavy atom. The topological polar surface area (TPSA) is 98.4 Å². The molecule has 8 nitrogen and oxygen atoms in total. The van der Waals surface area contributed by atoms with Crippen molar-refractivity contribution in [2.45, 2.75) is 44.9 Å². The van der Waals surface area contributed by atoms with Gasteiger partial charge in [0, 0.05) is 25.6 Å². The van der Waals surface area contributed by atoms with Crippen LogP contribution in [0, 0.1) is 11.3 Å². The van der Waals surface area contributed by atoms with Gasteiger partial charge in [0.1, 0.15) is 18.5 Å². The Labute approximate surface area is 169 Å². The van der Waals surface area contributed by atoms with Crippen molar-refractivity contribution in [1.82, 2.24) is 15.1 Å². The number of aromatic nitrogens is 2. The van der Waals surface area contributed by atoms with Gasteiger partial charge in [-0.05, 0) is 36.6 Å². The van der Waals surface area contributed by atoms with Crippen LogP contribution in [0.2, 0.25) is 0 Å². The Kier molecular flexibility index (Phi) is 5.67. The first-order valence-corrected chi connectivity index (χ1v) is 9.95. The third-order valence-corrected chi connectivity index (χ3v) is 5.01. The van der Waals surface area contributed by atoms with Crippen LogP contribution >= 0.6 is 0 Å². The van der Waals surface area contributed by atoms with E-state index in [0.29, 0.717) is 43.3 Å². The Bertz CT molecular complexity index is 933. The Morgan fingerprint density at radius 3 is 3.17 bits per heavy atom. The standard InChI is InChI=1S/C21H24N4O4/c1-2-7-27-13-17-5-6-25-20(29-17)10-18(24-25)21(26)23-16-9-15-8-14(11-22)3-4-19(15)28-12-16/h3-4,8,10,16-17H,2,5-7,9,12-13H2,1H3,(H,23,26). The minimum absolute atomic E-state index is 0.0146. The quantitative estimate of drug-likeness (QED) is 0.751. The lowest BCUT2D eigenvalue weighted by atomic mass is 10.0. The van der Waals surface area contributed by atoms with Crippen LogP contribution in [0.1, 0.15) is 41.4 Å². The first-order valence-electron chi connectivity index (χ1n) is 9.95. The smallest absolute Gasteiger partial charge is 0.272 e. The van der Waals surface area contributed by atoms with Crippen LogP contribution in [-0.2, 0) is 17.7 Å². The lowest BCUT2D eigenvalue weighted by Gasteiger charge is -2.25. The number of hydrogen-bond donors (Lipinski definition) is 1. The second-order valence-electron chi connectivity index (χ2n) is 7.31. The molecule has 1 N–H and O–H groups in total. The highest BCUT2D eigenvalue weighted by Crippen LogP contribution is 2.26. The van der Waals surface area contributed by atoms with E-state index in [9.17, 15) is 4.79 Å². The molecule has 2 aliphatic rings. The van der Waals surface area contributed by atoms with E-state index < -0.39 is 0 Å². The average molecular weight is 396 g/mol. The number of aryl methyl sites for hydroxylation is 1. The van der Waals surface area contributed by atoms with E-state index in [1.807, 2.05) is 0 Å². The highest BCUT2D eigenvalue weighted by Gasteiger charge is 2.26. The summed E-state index contributed by atoms with van der Waals surface area (Å²) >= 11 is 0. The second-order valence-corrected chi connectivity index (χ2v) is 7.31. The van der Waals surface area contributed by atoms with Crippen LogP contribution in [0.5, 0.6) is 11.6 Å². The number of carbonyl (C=O) groups excluding carboxylic acids is 1. The summed E-state index contributed by atoms with van der Waals surface area (Å²) in [6.45, 7) is 4.41. The summed E-state index contributed by atoms with van der Waals surface area (Å²) in [6.07, 6.45) is 2.37. The SMILES string of the molecule is CCCOCC1CCn2nc(C(=O)NC3COc4ccc(C#N)cc4C3)cc2O1. The van der Waals surface area contributed by atoms with Gasteiger partial charge in [-0.3, -0.25) is 4.79 Å². The molecule has 0 radical (unpaired) electrons. The van der Waals surface area contributed by atoms with Gasteiger partial charge < -0.3 is 19.5 Å². The largest absolute Gasteiger partial charge is 0.491 e. The number of nitrogens with one attached hydrogen (secondary N) is 1. The molecule has 0 fully saturated rings. The van der Waals surface area contributed by atoms with Crippen molar-refractivity contribution in [3.8, 4) is 17.7 Å². The molecule has 0 aliphatic carbocycles. The molecule has 0 bridgehead atoms. The number of benzene rings is 1. The molecule has 3 heterocycles. The van der Waals surface area contributed by atoms with Gasteiger partial charge in [0.05, 0.1) is 24.3 Å². The number of fused-ring (bicyclic) bond motifs is 2. The number of nitriles is 1. The molecule has 2 aliphatic heterocycles. The monoisotopic (exact) mass is 396 g/mol. The maximum Gasteiger partial charge on any atom is 0.272 e. The molecule has 1 amide bonds. The van der Waals surface area contributed by atoms with Gasteiger partial charge in [0.2, 0.25) is 5.88 Å². The van der Waals surface area contributed by atoms with Crippen LogP contribution in [0.25, 0.3) is 0 Å². The van der Waals surface area contributed by atoms with Gasteiger partial charge in [-0.1, -0.05) is 6.92 Å². The highest BCUT2D eigenvalue weighted by molar-refractivity contribution is 5.92. The third-order valence-electron chi connectivity index (χ3n) is 5.01. The van der Waals surface area contributed by atoms with E-state index in [1.54, 1.807) is 28.9 Å². The molecule has 0 spiro atoms. The van der Waals surface area contributed by atoms with E-state index in [2.05, 4.69) is 23.4 Å². The molecule has 2 atom stereocenters. The van der Waals surface area contributed by atoms with Gasteiger partial charge >= 0.3 is 0 Å². The molecule has 8 heteroatoms. The number of hydrogen-bond acceptors (Lipinski definition) is 6. The molecule has 152 valence electrons. The van der Waals surface area contributed by atoms with Crippen molar-refractivity contribution in [2.24, 2.45) is 0 Å². The van der Waals surface area contributed by atoms with E-state index in [0.717, 1.165) is 30.8 Å². The predicted octanol–water partition coefficient (Wildman–Crippen LogP) is 2.07. The summed E-state index contributed by atoms with van der Waals surface area (Å²) in [6, 6.07) is 8.95. The van der Waals surface area contributed by atoms with Gasteiger partial charge in [-0.25, -0.2) is 4.68 Å². The number of nitrogens with zero attached hydrogens (tertiary/aromatic N) is 3. The molecule has 0 saturated heterocycles. The van der Waals surface area contributed by atoms with Crippen molar-refractivity contribution in [3.05, 3.63) is 41.1 Å². The Morgan fingerprint density at radius 2 is 2.34 bits per heavy atom. The van der Waals surface area contributed by atoms with Crippen LogP contribution < -0.4 is 14.8 Å². The molecule has 0 saturated carbocycles. The lowest BCUT2D eigenvalue weighted by molar-refractivity contribution is 0.0262. The summed E-state index contributed by atoms with van der Waals surface area (Å²) in [5, 5.41) is 16.4. The molecule has 2 unspecified atom stereocenters. The number of ether oxygens (including phenoxy) is 3. The minimum Gasteiger partial charge on any atom is -0.491 e. The zero-order valence-electron chi connectivity index (χ0n) is 16.4. The normalized spacial score (nSPS) is 19.9. The van der Waals surface area contributed by atoms with Crippen molar-refractivity contribution in [3.63, 3.8) is 0 Å². The summed E-state index contributed by atoms with van der Waals surface area (Å²) in [7, 11) is 0. The van der Waals surface area contributed by atoms with Crippen molar-refractivity contribution in [2.75, 3.05) is 19.8 Å². The van der Waals surface area contributed by atoms with Gasteiger partial charge in [0.25, 0.3) is 5.91 Å². The summed E-state index contributed by atoms with van der Waals surface area (Å²) in [5.41, 5.74) is 1.82. The first kappa shape index (κ1) is 19.3. The summed E-state index contributed by atoms with van der Waals surface area (Å²) < 4.78 is 18.9. The van der Waals surface area contributed by atoms with Crippen LogP contribution in [0.4, 0.5) is 0 Å². The third kappa shape index (κ3) is 4.35. The molecule has 4 rings (SSSR count). The molecule has 29 heavy (non-hydrogen) atoms. The molecular weight excluding hydrogens is 372 g/mol. The summed E-state index contributed by atoms with van der Waals surface area (Å²) in [5.74, 6) is 1.09. The maximum atomic E-state index is 12.7. The van der Waals surface area contributed by atoms with E-state index >= 15 is 0 Å². The zero-order valence-corrected chi connectivity index (χ0v) is 16.4. The van der Waals surface area contributed by atoms with E-state index in [1.165, 1.54) is 0 Å². The predicted molar refractivity (Wildman–Crippen MR) is 104 cm³/mol. The number of amides is 1. The van der Waals surface area contributed by atoms with E-state index in [4.69, 9.17) is 19.5 Å². The molecule has 1 aromatic carbocycles. The molecule has 1 aromatic heterocycles. The lowest BCUT2D eigenvalue weighted by Crippen LogP contribution is -2.42. The fourth-order valence-corrected chi connectivity index (χ4v) is 3.55. The fraction of sp³-hybridized carbons (Fsp3) is 0.476. The number of rotatable bonds is 6.